The van der Waals surface area contributed by atoms with Crippen molar-refractivity contribution >= 4 is 16.9 Å². The summed E-state index contributed by atoms with van der Waals surface area (Å²) in [7, 11) is 0. The van der Waals surface area contributed by atoms with Gasteiger partial charge in [-0.1, -0.05) is 19.9 Å². The van der Waals surface area contributed by atoms with Crippen LogP contribution in [0.2, 0.25) is 0 Å². The van der Waals surface area contributed by atoms with E-state index in [0.29, 0.717) is 11.5 Å². The maximum absolute atomic E-state index is 12.1. The molecule has 5 nitrogen and oxygen atoms in total. The van der Waals surface area contributed by atoms with Gasteiger partial charge < -0.3 is 15.6 Å². The fourth-order valence-electron chi connectivity index (χ4n) is 2.32. The Morgan fingerprint density at radius 2 is 1.91 bits per heavy atom. The molecule has 0 atom stereocenters. The Morgan fingerprint density at radius 3 is 2.52 bits per heavy atom. The topological polar surface area (TPSA) is 74.0 Å². The molecular weight excluding hydrogens is 290 g/mol. The Bertz CT molecular complexity index is 770. The standard InChI is InChI=1S/C18H25N3O2/c1-11(2)12-6-7-15-13(8-12)9-14(16(22)20-15)10-19-17(23)21-18(3,4)5/h6-9,11H,10H2,1-5H3,(H,20,22)(H2,19,21,23). The van der Waals surface area contributed by atoms with Crippen LogP contribution in [0.5, 0.6) is 0 Å². The molecule has 0 saturated carbocycles. The number of H-pyrrole nitrogens is 1. The van der Waals surface area contributed by atoms with E-state index in [1.807, 2.05) is 39.0 Å². The number of carbonyl (C=O) groups is 1. The van der Waals surface area contributed by atoms with Crippen LogP contribution in [0.1, 0.15) is 51.7 Å². The molecule has 0 spiro atoms. The number of nitrogens with one attached hydrogen (secondary N) is 3. The molecule has 0 aliphatic carbocycles. The maximum Gasteiger partial charge on any atom is 0.315 e. The van der Waals surface area contributed by atoms with Crippen molar-refractivity contribution in [1.82, 2.24) is 15.6 Å². The Kier molecular flexibility index (Phi) is 4.78. The highest BCUT2D eigenvalue weighted by Crippen LogP contribution is 2.19. The number of amides is 2. The lowest BCUT2D eigenvalue weighted by Gasteiger charge is -2.20. The lowest BCUT2D eigenvalue weighted by molar-refractivity contribution is 0.231. The molecular formula is C18H25N3O2. The Hall–Kier alpha value is -2.30. The average molecular weight is 315 g/mol. The quantitative estimate of drug-likeness (QED) is 0.813. The fourth-order valence-corrected chi connectivity index (χ4v) is 2.32. The van der Waals surface area contributed by atoms with E-state index >= 15 is 0 Å². The van der Waals surface area contributed by atoms with Crippen LogP contribution in [0.4, 0.5) is 4.79 Å². The smallest absolute Gasteiger partial charge is 0.315 e. The van der Waals surface area contributed by atoms with Gasteiger partial charge in [0.1, 0.15) is 0 Å². The van der Waals surface area contributed by atoms with Gasteiger partial charge in [-0.3, -0.25) is 4.79 Å². The number of hydrogen-bond acceptors (Lipinski definition) is 2. The Balaban J connectivity index is 2.22. The predicted molar refractivity (Wildman–Crippen MR) is 93.8 cm³/mol. The molecule has 1 aromatic carbocycles. The predicted octanol–water partition coefficient (Wildman–Crippen LogP) is 3.25. The van der Waals surface area contributed by atoms with E-state index < -0.39 is 0 Å². The molecule has 5 heteroatoms. The van der Waals surface area contributed by atoms with Gasteiger partial charge in [0.2, 0.25) is 0 Å². The molecule has 2 aromatic rings. The van der Waals surface area contributed by atoms with E-state index in [0.717, 1.165) is 10.9 Å². The highest BCUT2D eigenvalue weighted by molar-refractivity contribution is 5.80. The molecule has 0 bridgehead atoms. The minimum atomic E-state index is -0.313. The number of aromatic amines is 1. The normalized spacial score (nSPS) is 11.7. The van der Waals surface area contributed by atoms with Gasteiger partial charge in [-0.15, -0.1) is 0 Å². The maximum atomic E-state index is 12.1. The van der Waals surface area contributed by atoms with E-state index in [9.17, 15) is 9.59 Å². The summed E-state index contributed by atoms with van der Waals surface area (Å²) in [6.07, 6.45) is 0. The van der Waals surface area contributed by atoms with Crippen LogP contribution in [-0.2, 0) is 6.54 Å². The second-order valence-corrected chi connectivity index (χ2v) is 7.18. The van der Waals surface area contributed by atoms with Crippen molar-refractivity contribution in [2.45, 2.75) is 52.6 Å². The fraction of sp³-hybridized carbons (Fsp3) is 0.444. The van der Waals surface area contributed by atoms with Crippen LogP contribution in [0, 0.1) is 0 Å². The Labute approximate surface area is 136 Å². The summed E-state index contributed by atoms with van der Waals surface area (Å²) in [6, 6.07) is 7.59. The minimum Gasteiger partial charge on any atom is -0.334 e. The number of aromatic nitrogens is 1. The summed E-state index contributed by atoms with van der Waals surface area (Å²) >= 11 is 0. The molecule has 1 heterocycles. The van der Waals surface area contributed by atoms with Crippen LogP contribution in [0.25, 0.3) is 10.9 Å². The molecule has 3 N–H and O–H groups in total. The van der Waals surface area contributed by atoms with Gasteiger partial charge in [0.05, 0.1) is 0 Å². The van der Waals surface area contributed by atoms with Crippen molar-refractivity contribution in [3.05, 3.63) is 45.7 Å². The first kappa shape index (κ1) is 17.1. The first-order valence-electron chi connectivity index (χ1n) is 7.87. The monoisotopic (exact) mass is 315 g/mol. The summed E-state index contributed by atoms with van der Waals surface area (Å²) in [5, 5.41) is 6.51. The second kappa shape index (κ2) is 6.44. The number of pyridine rings is 1. The zero-order chi connectivity index (χ0) is 17.2. The van der Waals surface area contributed by atoms with Crippen molar-refractivity contribution in [2.24, 2.45) is 0 Å². The largest absolute Gasteiger partial charge is 0.334 e. The molecule has 0 aliphatic heterocycles. The molecule has 0 radical (unpaired) electrons. The Morgan fingerprint density at radius 1 is 1.22 bits per heavy atom. The minimum absolute atomic E-state index is 0.175. The molecule has 0 unspecified atom stereocenters. The van der Waals surface area contributed by atoms with Crippen molar-refractivity contribution in [1.29, 1.82) is 0 Å². The molecule has 0 fully saturated rings. The first-order valence-corrected chi connectivity index (χ1v) is 7.87. The van der Waals surface area contributed by atoms with E-state index in [-0.39, 0.29) is 23.7 Å². The molecule has 2 amide bonds. The number of urea groups is 1. The van der Waals surface area contributed by atoms with Crippen LogP contribution >= 0.6 is 0 Å². The molecule has 2 rings (SSSR count). The SMILES string of the molecule is CC(C)c1ccc2[nH]c(=O)c(CNC(=O)NC(C)(C)C)cc2c1. The van der Waals surface area contributed by atoms with E-state index in [1.54, 1.807) is 0 Å². The lowest BCUT2D eigenvalue weighted by atomic mass is 10.0. The van der Waals surface area contributed by atoms with E-state index in [2.05, 4.69) is 35.5 Å². The molecule has 124 valence electrons. The highest BCUT2D eigenvalue weighted by Gasteiger charge is 2.13. The van der Waals surface area contributed by atoms with Crippen molar-refractivity contribution in [2.75, 3.05) is 0 Å². The molecule has 1 aromatic heterocycles. The summed E-state index contributed by atoms with van der Waals surface area (Å²) in [4.78, 5) is 26.8. The summed E-state index contributed by atoms with van der Waals surface area (Å²) < 4.78 is 0. The number of carbonyl (C=O) groups excluding carboxylic acids is 1. The van der Waals surface area contributed by atoms with Gasteiger partial charge in [0.15, 0.2) is 0 Å². The van der Waals surface area contributed by atoms with Gasteiger partial charge in [0, 0.05) is 23.2 Å². The van der Waals surface area contributed by atoms with Crippen LogP contribution in [0.3, 0.4) is 0 Å². The van der Waals surface area contributed by atoms with E-state index in [1.165, 1.54) is 5.56 Å². The summed E-state index contributed by atoms with van der Waals surface area (Å²) in [6.45, 7) is 10.2. The number of fused-ring (bicyclic) bond motifs is 1. The summed E-state index contributed by atoms with van der Waals surface area (Å²) in [5.41, 5.74) is 2.08. The van der Waals surface area contributed by atoms with Crippen molar-refractivity contribution in [3.63, 3.8) is 0 Å². The molecule has 0 aliphatic rings. The third kappa shape index (κ3) is 4.58. The lowest BCUT2D eigenvalue weighted by Crippen LogP contribution is -2.46. The summed E-state index contributed by atoms with van der Waals surface area (Å²) in [5.74, 6) is 0.422. The van der Waals surface area contributed by atoms with Gasteiger partial charge in [0.25, 0.3) is 5.56 Å². The third-order valence-electron chi connectivity index (χ3n) is 3.54. The van der Waals surface area contributed by atoms with Crippen molar-refractivity contribution in [3.8, 4) is 0 Å². The van der Waals surface area contributed by atoms with Crippen LogP contribution in [-0.4, -0.2) is 16.6 Å². The number of hydrogen-bond donors (Lipinski definition) is 3. The van der Waals surface area contributed by atoms with Gasteiger partial charge in [-0.05, 0) is 55.8 Å². The average Bonchev–Trinajstić information content (AvgIpc) is 2.42. The van der Waals surface area contributed by atoms with Gasteiger partial charge >= 0.3 is 6.03 Å². The zero-order valence-corrected chi connectivity index (χ0v) is 14.4. The number of benzene rings is 1. The van der Waals surface area contributed by atoms with Crippen LogP contribution in [0.15, 0.2) is 29.1 Å². The zero-order valence-electron chi connectivity index (χ0n) is 14.4. The third-order valence-corrected chi connectivity index (χ3v) is 3.54. The molecule has 23 heavy (non-hydrogen) atoms. The number of rotatable bonds is 3. The second-order valence-electron chi connectivity index (χ2n) is 7.18. The van der Waals surface area contributed by atoms with Gasteiger partial charge in [-0.25, -0.2) is 4.79 Å². The van der Waals surface area contributed by atoms with Crippen molar-refractivity contribution < 1.29 is 4.79 Å². The highest BCUT2D eigenvalue weighted by atomic mass is 16.2. The first-order chi connectivity index (χ1) is 10.7. The van der Waals surface area contributed by atoms with E-state index in [4.69, 9.17) is 0 Å². The van der Waals surface area contributed by atoms with Gasteiger partial charge in [-0.2, -0.15) is 0 Å². The van der Waals surface area contributed by atoms with Crippen LogP contribution < -0.4 is 16.2 Å². The molecule has 0 saturated heterocycles.